The summed E-state index contributed by atoms with van der Waals surface area (Å²) < 4.78 is 32.7. The van der Waals surface area contributed by atoms with Crippen LogP contribution in [0.3, 0.4) is 0 Å². The van der Waals surface area contributed by atoms with Gasteiger partial charge in [0, 0.05) is 0 Å². The predicted octanol–water partition coefficient (Wildman–Crippen LogP) is 4.05. The third kappa shape index (κ3) is 3.03. The Morgan fingerprint density at radius 2 is 1.92 bits per heavy atom. The fraction of sp³-hybridized carbons (Fsp3) is 0.158. The maximum Gasteiger partial charge on any atom is 0.483 e. The van der Waals surface area contributed by atoms with Crippen molar-refractivity contribution in [2.75, 3.05) is 4.90 Å². The number of nitrogens with zero attached hydrogens (tertiary/aromatic N) is 1. The number of anilines is 1. The number of amides is 1. The molecule has 0 aliphatic carbocycles. The van der Waals surface area contributed by atoms with Gasteiger partial charge in [-0.15, -0.1) is 0 Å². The Morgan fingerprint density at radius 1 is 1.24 bits per heavy atom. The number of rotatable bonds is 4. The van der Waals surface area contributed by atoms with Crippen LogP contribution >= 0.6 is 0 Å². The van der Waals surface area contributed by atoms with E-state index in [1.165, 1.54) is 25.1 Å². The van der Waals surface area contributed by atoms with E-state index in [1.54, 1.807) is 30.3 Å². The van der Waals surface area contributed by atoms with Crippen LogP contribution in [-0.2, 0) is 11.3 Å². The number of carbonyl (C=O) groups excluding carboxylic acids is 2. The molecular weight excluding hydrogens is 328 g/mol. The van der Waals surface area contributed by atoms with Gasteiger partial charge in [-0.25, -0.2) is 0 Å². The van der Waals surface area contributed by atoms with Crippen molar-refractivity contribution in [2.24, 2.45) is 0 Å². The number of fused-ring (bicyclic) bond motifs is 1. The molecule has 1 amide bonds. The fourth-order valence-electron chi connectivity index (χ4n) is 2.66. The molecule has 0 spiro atoms. The van der Waals surface area contributed by atoms with Gasteiger partial charge >= 0.3 is 12.0 Å². The number of benzene rings is 2. The summed E-state index contributed by atoms with van der Waals surface area (Å²) in [6.45, 7) is 4.84. The molecule has 0 radical (unpaired) electrons. The topological polar surface area (TPSA) is 46.6 Å². The number of hydrogen-bond donors (Lipinski definition) is 0. The second-order valence-corrected chi connectivity index (χ2v) is 5.67. The highest BCUT2D eigenvalue weighted by atomic mass is 19.3. The van der Waals surface area contributed by atoms with Gasteiger partial charge in [-0.3, -0.25) is 14.5 Å². The van der Waals surface area contributed by atoms with Crippen LogP contribution in [0.2, 0.25) is 0 Å². The summed E-state index contributed by atoms with van der Waals surface area (Å²) in [5.41, 5.74) is 1.70. The summed E-state index contributed by atoms with van der Waals surface area (Å²) in [6.07, 6.45) is -2.37. The number of Topliss-reactive ketones (excluding diaryl/α,β-unsaturated/α-hetero) is 1. The molecule has 25 heavy (non-hydrogen) atoms. The Hall–Kier alpha value is -3.02. The molecule has 0 atom stereocenters. The van der Waals surface area contributed by atoms with E-state index in [-0.39, 0.29) is 23.5 Å². The molecular formula is C19H15F2NO3. The quantitative estimate of drug-likeness (QED) is 0.787. The molecule has 0 unspecified atom stereocenters. The molecule has 0 bridgehead atoms. The minimum Gasteiger partial charge on any atom is -0.422 e. The van der Waals surface area contributed by atoms with Gasteiger partial charge in [0.25, 0.3) is 0 Å². The van der Waals surface area contributed by atoms with Gasteiger partial charge in [0.2, 0.25) is 0 Å². The van der Waals surface area contributed by atoms with Gasteiger partial charge in [-0.05, 0) is 30.2 Å². The SMILES string of the molecule is C=Cc1ccc(CN2C(=O)C(F)(F)Oc3c(C(C)=O)cccc32)cc1. The highest BCUT2D eigenvalue weighted by Crippen LogP contribution is 2.42. The zero-order valence-electron chi connectivity index (χ0n) is 13.5. The molecule has 2 aromatic rings. The summed E-state index contributed by atoms with van der Waals surface area (Å²) in [6, 6.07) is 11.4. The van der Waals surface area contributed by atoms with E-state index in [1.807, 2.05) is 0 Å². The lowest BCUT2D eigenvalue weighted by Gasteiger charge is -2.34. The number of halogens is 2. The molecule has 3 rings (SSSR count). The van der Waals surface area contributed by atoms with Gasteiger partial charge in [-0.1, -0.05) is 43.0 Å². The molecule has 0 aromatic heterocycles. The van der Waals surface area contributed by atoms with E-state index in [2.05, 4.69) is 11.3 Å². The molecule has 1 heterocycles. The van der Waals surface area contributed by atoms with E-state index in [0.717, 1.165) is 10.5 Å². The van der Waals surface area contributed by atoms with Gasteiger partial charge in [0.15, 0.2) is 11.5 Å². The van der Waals surface area contributed by atoms with Crippen LogP contribution in [0.5, 0.6) is 5.75 Å². The molecule has 0 N–H and O–H groups in total. The van der Waals surface area contributed by atoms with Gasteiger partial charge in [0.05, 0.1) is 17.8 Å². The van der Waals surface area contributed by atoms with Gasteiger partial charge in [-0.2, -0.15) is 8.78 Å². The summed E-state index contributed by atoms with van der Waals surface area (Å²) in [7, 11) is 0. The maximum absolute atomic E-state index is 14.1. The lowest BCUT2D eigenvalue weighted by Crippen LogP contribution is -2.50. The van der Waals surface area contributed by atoms with E-state index in [9.17, 15) is 18.4 Å². The lowest BCUT2D eigenvalue weighted by atomic mass is 10.1. The van der Waals surface area contributed by atoms with E-state index >= 15 is 0 Å². The first-order chi connectivity index (χ1) is 11.8. The molecule has 4 nitrogen and oxygen atoms in total. The standard InChI is InChI=1S/C19H15F2NO3/c1-3-13-7-9-14(10-8-13)11-22-16-6-4-5-15(12(2)23)17(16)25-19(20,21)18(22)24/h3-10H,1,11H2,2H3. The minimum absolute atomic E-state index is 0.0108. The van der Waals surface area contributed by atoms with Gasteiger partial charge < -0.3 is 4.74 Å². The third-order valence-electron chi connectivity index (χ3n) is 3.94. The van der Waals surface area contributed by atoms with Crippen LogP contribution < -0.4 is 9.64 Å². The Balaban J connectivity index is 2.06. The number of ketones is 1. The average Bonchev–Trinajstić information content (AvgIpc) is 2.58. The van der Waals surface area contributed by atoms with Crippen molar-refractivity contribution in [1.29, 1.82) is 0 Å². The molecule has 128 valence electrons. The van der Waals surface area contributed by atoms with E-state index < -0.39 is 17.8 Å². The molecule has 0 saturated carbocycles. The van der Waals surface area contributed by atoms with Crippen molar-refractivity contribution < 1.29 is 23.1 Å². The van der Waals surface area contributed by atoms with Crippen LogP contribution in [0.15, 0.2) is 49.0 Å². The summed E-state index contributed by atoms with van der Waals surface area (Å²) in [5.74, 6) is -2.16. The Labute approximate surface area is 143 Å². The number of ether oxygens (including phenoxy) is 1. The van der Waals surface area contributed by atoms with Crippen molar-refractivity contribution in [3.63, 3.8) is 0 Å². The fourth-order valence-corrected chi connectivity index (χ4v) is 2.66. The summed E-state index contributed by atoms with van der Waals surface area (Å²) >= 11 is 0. The van der Waals surface area contributed by atoms with Crippen LogP contribution in [-0.4, -0.2) is 17.8 Å². The van der Waals surface area contributed by atoms with Crippen molar-refractivity contribution in [1.82, 2.24) is 0 Å². The Kier molecular flexibility index (Phi) is 4.12. The van der Waals surface area contributed by atoms with Crippen molar-refractivity contribution in [3.8, 4) is 5.75 Å². The second kappa shape index (κ2) is 6.12. The van der Waals surface area contributed by atoms with Crippen molar-refractivity contribution in [2.45, 2.75) is 19.6 Å². The van der Waals surface area contributed by atoms with E-state index in [4.69, 9.17) is 0 Å². The lowest BCUT2D eigenvalue weighted by molar-refractivity contribution is -0.193. The van der Waals surface area contributed by atoms with E-state index in [0.29, 0.717) is 5.56 Å². The molecule has 0 fully saturated rings. The number of carbonyl (C=O) groups is 2. The zero-order valence-corrected chi connectivity index (χ0v) is 13.5. The first-order valence-electron chi connectivity index (χ1n) is 7.57. The maximum atomic E-state index is 14.1. The van der Waals surface area contributed by atoms with Crippen molar-refractivity contribution >= 4 is 23.5 Å². The largest absolute Gasteiger partial charge is 0.483 e. The summed E-state index contributed by atoms with van der Waals surface area (Å²) in [5, 5.41) is 0. The van der Waals surface area contributed by atoms with Crippen molar-refractivity contribution in [3.05, 3.63) is 65.7 Å². The number of hydrogen-bond acceptors (Lipinski definition) is 3. The molecule has 0 saturated heterocycles. The normalized spacial score (nSPS) is 15.3. The highest BCUT2D eigenvalue weighted by Gasteiger charge is 2.51. The predicted molar refractivity (Wildman–Crippen MR) is 89.7 cm³/mol. The smallest absolute Gasteiger partial charge is 0.422 e. The third-order valence-corrected chi connectivity index (χ3v) is 3.94. The monoisotopic (exact) mass is 343 g/mol. The second-order valence-electron chi connectivity index (χ2n) is 5.67. The highest BCUT2D eigenvalue weighted by molar-refractivity contribution is 6.05. The summed E-state index contributed by atoms with van der Waals surface area (Å²) in [4.78, 5) is 24.8. The molecule has 2 aromatic carbocycles. The van der Waals surface area contributed by atoms with Crippen LogP contribution in [0, 0.1) is 0 Å². The first kappa shape index (κ1) is 16.8. The molecule has 1 aliphatic heterocycles. The molecule has 6 heteroatoms. The minimum atomic E-state index is -4.03. The number of para-hydroxylation sites is 1. The Bertz CT molecular complexity index is 859. The zero-order chi connectivity index (χ0) is 18.2. The van der Waals surface area contributed by atoms with Crippen LogP contribution in [0.1, 0.15) is 28.4 Å². The number of alkyl halides is 2. The first-order valence-corrected chi connectivity index (χ1v) is 7.57. The molecule has 1 aliphatic rings. The average molecular weight is 343 g/mol. The van der Waals surface area contributed by atoms with Crippen LogP contribution in [0.4, 0.5) is 14.5 Å². The van der Waals surface area contributed by atoms with Gasteiger partial charge in [0.1, 0.15) is 0 Å². The Morgan fingerprint density at radius 3 is 2.52 bits per heavy atom. The van der Waals surface area contributed by atoms with Crippen LogP contribution in [0.25, 0.3) is 6.08 Å².